The highest BCUT2D eigenvalue weighted by Crippen LogP contribution is 2.25. The van der Waals surface area contributed by atoms with Crippen LogP contribution in [0.2, 0.25) is 10.0 Å². The van der Waals surface area contributed by atoms with E-state index in [0.717, 1.165) is 32.5 Å². The van der Waals surface area contributed by atoms with Crippen molar-refractivity contribution in [2.45, 2.75) is 26.3 Å². The Morgan fingerprint density at radius 3 is 2.28 bits per heavy atom. The van der Waals surface area contributed by atoms with E-state index in [1.165, 1.54) is 11.1 Å². The molecule has 0 bridgehead atoms. The predicted molar refractivity (Wildman–Crippen MR) is 104 cm³/mol. The second kappa shape index (κ2) is 8.22. The zero-order valence-corrected chi connectivity index (χ0v) is 15.8. The van der Waals surface area contributed by atoms with Crippen molar-refractivity contribution in [1.29, 1.82) is 0 Å². The number of hydrogen-bond acceptors (Lipinski definition) is 2. The molecule has 1 amide bonds. The Morgan fingerprint density at radius 2 is 1.68 bits per heavy atom. The number of piperidine rings is 1. The highest BCUT2D eigenvalue weighted by Gasteiger charge is 2.25. The molecule has 0 aromatic heterocycles. The molecule has 0 spiro atoms. The number of hydrogen-bond donors (Lipinski definition) is 1. The quantitative estimate of drug-likeness (QED) is 0.799. The minimum Gasteiger partial charge on any atom is -0.326 e. The van der Waals surface area contributed by atoms with Crippen LogP contribution in [0, 0.1) is 12.8 Å². The Bertz CT molecular complexity index is 718. The molecule has 1 aliphatic heterocycles. The third kappa shape index (κ3) is 5.21. The molecule has 25 heavy (non-hydrogen) atoms. The van der Waals surface area contributed by atoms with Crippen molar-refractivity contribution in [1.82, 2.24) is 4.90 Å². The maximum absolute atomic E-state index is 12.5. The van der Waals surface area contributed by atoms with E-state index >= 15 is 0 Å². The monoisotopic (exact) mass is 376 g/mol. The van der Waals surface area contributed by atoms with E-state index in [1.807, 2.05) is 0 Å². The van der Waals surface area contributed by atoms with Gasteiger partial charge in [0.1, 0.15) is 0 Å². The van der Waals surface area contributed by atoms with Crippen LogP contribution in [0.25, 0.3) is 0 Å². The van der Waals surface area contributed by atoms with Crippen LogP contribution in [-0.2, 0) is 11.3 Å². The van der Waals surface area contributed by atoms with E-state index in [0.29, 0.717) is 15.7 Å². The van der Waals surface area contributed by atoms with Gasteiger partial charge in [0.2, 0.25) is 5.91 Å². The third-order valence-corrected chi connectivity index (χ3v) is 5.05. The van der Waals surface area contributed by atoms with Crippen molar-refractivity contribution in [3.05, 3.63) is 63.6 Å². The number of likely N-dealkylation sites (tertiary alicyclic amines) is 1. The van der Waals surface area contributed by atoms with Gasteiger partial charge in [-0.1, -0.05) is 53.0 Å². The van der Waals surface area contributed by atoms with Crippen LogP contribution in [-0.4, -0.2) is 23.9 Å². The first-order valence-electron chi connectivity index (χ1n) is 8.54. The number of amides is 1. The van der Waals surface area contributed by atoms with Crippen molar-refractivity contribution in [3.8, 4) is 0 Å². The van der Waals surface area contributed by atoms with Crippen molar-refractivity contribution in [3.63, 3.8) is 0 Å². The number of benzene rings is 2. The summed E-state index contributed by atoms with van der Waals surface area (Å²) in [5.41, 5.74) is 3.26. The number of carbonyl (C=O) groups is 1. The molecule has 0 saturated carbocycles. The standard InChI is InChI=1S/C20H22Cl2N2O/c1-14-2-4-15(5-3-14)13-24-8-6-16(7-9-24)20(25)23-19-11-17(21)10-18(22)12-19/h2-5,10-12,16H,6-9,13H2,1H3,(H,23,25). The maximum atomic E-state index is 12.5. The fourth-order valence-electron chi connectivity index (χ4n) is 3.18. The van der Waals surface area contributed by atoms with Gasteiger partial charge in [0.15, 0.2) is 0 Å². The Hall–Kier alpha value is -1.55. The summed E-state index contributed by atoms with van der Waals surface area (Å²) in [6, 6.07) is 13.7. The van der Waals surface area contributed by atoms with Gasteiger partial charge in [-0.25, -0.2) is 0 Å². The van der Waals surface area contributed by atoms with Crippen LogP contribution >= 0.6 is 23.2 Å². The van der Waals surface area contributed by atoms with Crippen LogP contribution < -0.4 is 5.32 Å². The molecule has 3 nitrogen and oxygen atoms in total. The first-order valence-corrected chi connectivity index (χ1v) is 9.30. The normalized spacial score (nSPS) is 16.0. The Labute approximate surface area is 158 Å². The van der Waals surface area contributed by atoms with Gasteiger partial charge in [0.25, 0.3) is 0 Å². The van der Waals surface area contributed by atoms with E-state index < -0.39 is 0 Å². The van der Waals surface area contributed by atoms with E-state index in [2.05, 4.69) is 41.4 Å². The van der Waals surface area contributed by atoms with Crippen molar-refractivity contribution < 1.29 is 4.79 Å². The number of nitrogens with zero attached hydrogens (tertiary/aromatic N) is 1. The average molecular weight is 377 g/mol. The first-order chi connectivity index (χ1) is 12.0. The number of rotatable bonds is 4. The Balaban J connectivity index is 1.51. The molecule has 0 unspecified atom stereocenters. The fraction of sp³-hybridized carbons (Fsp3) is 0.350. The summed E-state index contributed by atoms with van der Waals surface area (Å²) < 4.78 is 0. The summed E-state index contributed by atoms with van der Waals surface area (Å²) >= 11 is 12.0. The molecule has 1 heterocycles. The molecular weight excluding hydrogens is 355 g/mol. The zero-order valence-electron chi connectivity index (χ0n) is 14.3. The van der Waals surface area contributed by atoms with E-state index in [1.54, 1.807) is 18.2 Å². The van der Waals surface area contributed by atoms with Gasteiger partial charge in [0, 0.05) is 28.2 Å². The zero-order chi connectivity index (χ0) is 17.8. The lowest BCUT2D eigenvalue weighted by Gasteiger charge is -2.31. The fourth-order valence-corrected chi connectivity index (χ4v) is 3.70. The molecule has 1 aliphatic rings. The predicted octanol–water partition coefficient (Wildman–Crippen LogP) is 5.15. The van der Waals surface area contributed by atoms with E-state index in [4.69, 9.17) is 23.2 Å². The molecule has 132 valence electrons. The second-order valence-electron chi connectivity index (χ2n) is 6.68. The van der Waals surface area contributed by atoms with Gasteiger partial charge in [0.05, 0.1) is 0 Å². The molecule has 0 radical (unpaired) electrons. The number of carbonyl (C=O) groups excluding carboxylic acids is 1. The number of nitrogens with one attached hydrogen (secondary N) is 1. The second-order valence-corrected chi connectivity index (χ2v) is 7.56. The lowest BCUT2D eigenvalue weighted by molar-refractivity contribution is -0.121. The number of halogens is 2. The summed E-state index contributed by atoms with van der Waals surface area (Å²) in [6.07, 6.45) is 1.73. The molecule has 2 aromatic rings. The van der Waals surface area contributed by atoms with Crippen LogP contribution in [0.15, 0.2) is 42.5 Å². The molecule has 1 saturated heterocycles. The smallest absolute Gasteiger partial charge is 0.227 e. The Kier molecular flexibility index (Phi) is 6.00. The van der Waals surface area contributed by atoms with Gasteiger partial charge in [-0.15, -0.1) is 0 Å². The molecule has 0 aliphatic carbocycles. The lowest BCUT2D eigenvalue weighted by atomic mass is 9.95. The minimum atomic E-state index is 0.0343. The first kappa shape index (κ1) is 18.2. The van der Waals surface area contributed by atoms with Gasteiger partial charge in [-0.3, -0.25) is 9.69 Å². The van der Waals surface area contributed by atoms with Crippen LogP contribution in [0.4, 0.5) is 5.69 Å². The third-order valence-electron chi connectivity index (χ3n) is 4.62. The topological polar surface area (TPSA) is 32.3 Å². The SMILES string of the molecule is Cc1ccc(CN2CCC(C(=O)Nc3cc(Cl)cc(Cl)c3)CC2)cc1. The summed E-state index contributed by atoms with van der Waals surface area (Å²) in [7, 11) is 0. The number of aryl methyl sites for hydroxylation is 1. The number of anilines is 1. The van der Waals surface area contributed by atoms with Crippen LogP contribution in [0.3, 0.4) is 0 Å². The minimum absolute atomic E-state index is 0.0343. The molecule has 1 fully saturated rings. The molecule has 1 N–H and O–H groups in total. The largest absolute Gasteiger partial charge is 0.326 e. The van der Waals surface area contributed by atoms with Crippen molar-refractivity contribution >= 4 is 34.8 Å². The highest BCUT2D eigenvalue weighted by atomic mass is 35.5. The lowest BCUT2D eigenvalue weighted by Crippen LogP contribution is -2.37. The molecular formula is C20H22Cl2N2O. The molecule has 0 atom stereocenters. The van der Waals surface area contributed by atoms with E-state index in [-0.39, 0.29) is 11.8 Å². The summed E-state index contributed by atoms with van der Waals surface area (Å²) in [5.74, 6) is 0.0837. The summed E-state index contributed by atoms with van der Waals surface area (Å²) in [5, 5.41) is 3.99. The van der Waals surface area contributed by atoms with Gasteiger partial charge in [-0.05, 0) is 56.6 Å². The highest BCUT2D eigenvalue weighted by molar-refractivity contribution is 6.35. The molecule has 2 aromatic carbocycles. The average Bonchev–Trinajstić information content (AvgIpc) is 2.56. The van der Waals surface area contributed by atoms with Crippen LogP contribution in [0.1, 0.15) is 24.0 Å². The van der Waals surface area contributed by atoms with Crippen molar-refractivity contribution in [2.75, 3.05) is 18.4 Å². The van der Waals surface area contributed by atoms with Gasteiger partial charge < -0.3 is 5.32 Å². The van der Waals surface area contributed by atoms with Crippen molar-refractivity contribution in [2.24, 2.45) is 5.92 Å². The molecule has 5 heteroatoms. The maximum Gasteiger partial charge on any atom is 0.227 e. The Morgan fingerprint density at radius 1 is 1.08 bits per heavy atom. The summed E-state index contributed by atoms with van der Waals surface area (Å²) in [4.78, 5) is 14.9. The van der Waals surface area contributed by atoms with Crippen LogP contribution in [0.5, 0.6) is 0 Å². The van der Waals surface area contributed by atoms with Gasteiger partial charge in [-0.2, -0.15) is 0 Å². The van der Waals surface area contributed by atoms with E-state index in [9.17, 15) is 4.79 Å². The summed E-state index contributed by atoms with van der Waals surface area (Å²) in [6.45, 7) is 4.91. The molecule has 3 rings (SSSR count). The van der Waals surface area contributed by atoms with Gasteiger partial charge >= 0.3 is 0 Å².